The van der Waals surface area contributed by atoms with Crippen molar-refractivity contribution >= 4 is 9.84 Å². The molecule has 0 aromatic heterocycles. The Labute approximate surface area is 89.6 Å². The summed E-state index contributed by atoms with van der Waals surface area (Å²) in [5, 5.41) is 5.98. The predicted molar refractivity (Wildman–Crippen MR) is 57.4 cm³/mol. The standard InChI is InChI=1S/C10H14N2O2S/c13-15(14)3-1-12(2-4-15)8-10-5-9(6-10)11-7-10/h1-4,9,11H,5-8H2. The van der Waals surface area contributed by atoms with Crippen molar-refractivity contribution in [1.82, 2.24) is 10.2 Å². The van der Waals surface area contributed by atoms with Crippen molar-refractivity contribution < 1.29 is 8.42 Å². The van der Waals surface area contributed by atoms with Crippen LogP contribution in [0.25, 0.3) is 0 Å². The summed E-state index contributed by atoms with van der Waals surface area (Å²) in [6.07, 6.45) is 5.79. The van der Waals surface area contributed by atoms with E-state index < -0.39 is 9.84 Å². The average Bonchev–Trinajstić information content (AvgIpc) is 2.67. The second-order valence-electron chi connectivity index (χ2n) is 4.82. The highest BCUT2D eigenvalue weighted by molar-refractivity contribution is 7.97. The van der Waals surface area contributed by atoms with Gasteiger partial charge in [-0.3, -0.25) is 0 Å². The molecule has 1 aliphatic carbocycles. The first-order valence-corrected chi connectivity index (χ1v) is 6.79. The Kier molecular flexibility index (Phi) is 1.79. The van der Waals surface area contributed by atoms with Crippen LogP contribution in [0.3, 0.4) is 0 Å². The van der Waals surface area contributed by atoms with Crippen molar-refractivity contribution in [2.45, 2.75) is 18.9 Å². The van der Waals surface area contributed by atoms with Gasteiger partial charge in [0, 0.05) is 36.9 Å². The molecule has 2 bridgehead atoms. The summed E-state index contributed by atoms with van der Waals surface area (Å²) in [6.45, 7) is 2.00. The van der Waals surface area contributed by atoms with E-state index in [0.29, 0.717) is 11.5 Å². The minimum Gasteiger partial charge on any atom is -0.352 e. The average molecular weight is 226 g/mol. The Morgan fingerprint density at radius 3 is 2.53 bits per heavy atom. The van der Waals surface area contributed by atoms with Gasteiger partial charge in [0.2, 0.25) is 0 Å². The van der Waals surface area contributed by atoms with Gasteiger partial charge < -0.3 is 10.2 Å². The summed E-state index contributed by atoms with van der Waals surface area (Å²) in [5.74, 6) is 0. The van der Waals surface area contributed by atoms with Gasteiger partial charge in [0.05, 0.1) is 10.8 Å². The van der Waals surface area contributed by atoms with Gasteiger partial charge in [-0.2, -0.15) is 0 Å². The Balaban J connectivity index is 1.69. The van der Waals surface area contributed by atoms with Crippen LogP contribution in [0.4, 0.5) is 0 Å². The Bertz CT molecular complexity index is 407. The highest BCUT2D eigenvalue weighted by Crippen LogP contribution is 2.46. The van der Waals surface area contributed by atoms with Gasteiger partial charge in [-0.05, 0) is 12.8 Å². The lowest BCUT2D eigenvalue weighted by atomic mass is 9.70. The summed E-state index contributed by atoms with van der Waals surface area (Å²) in [5.41, 5.74) is 0.389. The van der Waals surface area contributed by atoms with E-state index in [1.807, 2.05) is 4.90 Å². The lowest BCUT2D eigenvalue weighted by molar-refractivity contribution is 0.158. The van der Waals surface area contributed by atoms with E-state index in [1.165, 1.54) is 23.7 Å². The molecule has 82 valence electrons. The summed E-state index contributed by atoms with van der Waals surface area (Å²) >= 11 is 0. The summed E-state index contributed by atoms with van der Waals surface area (Å²) in [4.78, 5) is 1.98. The first-order chi connectivity index (χ1) is 7.07. The fourth-order valence-electron chi connectivity index (χ4n) is 2.73. The van der Waals surface area contributed by atoms with E-state index in [1.54, 1.807) is 12.4 Å². The minimum absolute atomic E-state index is 0.389. The molecule has 5 heteroatoms. The van der Waals surface area contributed by atoms with Gasteiger partial charge in [-0.15, -0.1) is 0 Å². The zero-order chi connectivity index (χ0) is 10.5. The van der Waals surface area contributed by atoms with E-state index in [0.717, 1.165) is 13.1 Å². The van der Waals surface area contributed by atoms with Crippen molar-refractivity contribution in [3.8, 4) is 0 Å². The Hall–Kier alpha value is -0.810. The monoisotopic (exact) mass is 226 g/mol. The van der Waals surface area contributed by atoms with Gasteiger partial charge >= 0.3 is 0 Å². The number of nitrogens with one attached hydrogen (secondary N) is 1. The van der Waals surface area contributed by atoms with Crippen LogP contribution in [0.15, 0.2) is 23.2 Å². The molecule has 4 nitrogen and oxygen atoms in total. The third-order valence-corrected chi connectivity index (χ3v) is 4.53. The molecule has 1 saturated carbocycles. The summed E-state index contributed by atoms with van der Waals surface area (Å²) in [7, 11) is -3.07. The number of fused-ring (bicyclic) bond motifs is 1. The third-order valence-electron chi connectivity index (χ3n) is 3.53. The number of rotatable bonds is 2. The van der Waals surface area contributed by atoms with Crippen molar-refractivity contribution in [3.63, 3.8) is 0 Å². The largest absolute Gasteiger partial charge is 0.352 e. The third kappa shape index (κ3) is 1.59. The predicted octanol–water partition coefficient (Wildman–Crippen LogP) is 0.411. The molecule has 0 unspecified atom stereocenters. The van der Waals surface area contributed by atoms with Gasteiger partial charge in [-0.25, -0.2) is 8.42 Å². The smallest absolute Gasteiger partial charge is 0.195 e. The molecule has 0 atom stereocenters. The number of hydrogen-bond acceptors (Lipinski definition) is 4. The molecule has 0 aromatic carbocycles. The maximum atomic E-state index is 11.1. The van der Waals surface area contributed by atoms with Crippen LogP contribution in [-0.4, -0.2) is 32.4 Å². The van der Waals surface area contributed by atoms with Crippen molar-refractivity contribution in [1.29, 1.82) is 0 Å². The highest BCUT2D eigenvalue weighted by Gasteiger charge is 2.50. The van der Waals surface area contributed by atoms with E-state index in [4.69, 9.17) is 0 Å². The van der Waals surface area contributed by atoms with Crippen LogP contribution in [0.2, 0.25) is 0 Å². The van der Waals surface area contributed by atoms with E-state index in [9.17, 15) is 8.42 Å². The SMILES string of the molecule is O=S1(=O)C=CN(CC23CNC(C2)C3)C=C1. The first kappa shape index (κ1) is 9.42. The number of hydrogen-bond donors (Lipinski definition) is 1. The van der Waals surface area contributed by atoms with Gasteiger partial charge in [0.25, 0.3) is 0 Å². The zero-order valence-electron chi connectivity index (χ0n) is 8.39. The number of sulfone groups is 1. The molecule has 0 spiro atoms. The molecule has 2 saturated heterocycles. The molecule has 3 heterocycles. The molecule has 3 fully saturated rings. The van der Waals surface area contributed by atoms with E-state index >= 15 is 0 Å². The van der Waals surface area contributed by atoms with Crippen LogP contribution in [0, 0.1) is 5.41 Å². The topological polar surface area (TPSA) is 49.4 Å². The van der Waals surface area contributed by atoms with Crippen molar-refractivity contribution in [3.05, 3.63) is 23.2 Å². The van der Waals surface area contributed by atoms with Crippen LogP contribution in [0.1, 0.15) is 12.8 Å². The molecule has 3 aliphatic heterocycles. The van der Waals surface area contributed by atoms with Crippen LogP contribution in [-0.2, 0) is 9.84 Å². The fraction of sp³-hybridized carbons (Fsp3) is 0.600. The zero-order valence-corrected chi connectivity index (χ0v) is 9.20. The van der Waals surface area contributed by atoms with Crippen molar-refractivity contribution in [2.24, 2.45) is 5.41 Å². The lowest BCUT2D eigenvalue weighted by Crippen LogP contribution is -2.41. The van der Waals surface area contributed by atoms with Gasteiger partial charge in [0.15, 0.2) is 9.84 Å². The molecular weight excluding hydrogens is 212 g/mol. The van der Waals surface area contributed by atoms with Crippen LogP contribution in [0.5, 0.6) is 0 Å². The van der Waals surface area contributed by atoms with Gasteiger partial charge in [-0.1, -0.05) is 0 Å². The molecule has 4 rings (SSSR count). The van der Waals surface area contributed by atoms with E-state index in [2.05, 4.69) is 5.32 Å². The molecule has 0 aromatic rings. The highest BCUT2D eigenvalue weighted by atomic mass is 32.2. The van der Waals surface area contributed by atoms with Gasteiger partial charge in [0.1, 0.15) is 0 Å². The van der Waals surface area contributed by atoms with Crippen molar-refractivity contribution in [2.75, 3.05) is 13.1 Å². The molecule has 0 radical (unpaired) electrons. The normalized spacial score (nSPS) is 40.5. The minimum atomic E-state index is -3.07. The van der Waals surface area contributed by atoms with Crippen LogP contribution >= 0.6 is 0 Å². The molecule has 0 amide bonds. The first-order valence-electron chi connectivity index (χ1n) is 5.18. The Morgan fingerprint density at radius 2 is 2.00 bits per heavy atom. The maximum absolute atomic E-state index is 11.1. The number of nitrogens with zero attached hydrogens (tertiary/aromatic N) is 1. The lowest BCUT2D eigenvalue weighted by Gasteiger charge is -2.39. The van der Waals surface area contributed by atoms with Crippen LogP contribution < -0.4 is 5.32 Å². The summed E-state index contributed by atoms with van der Waals surface area (Å²) in [6, 6.07) is 0.714. The maximum Gasteiger partial charge on any atom is 0.195 e. The summed E-state index contributed by atoms with van der Waals surface area (Å²) < 4.78 is 22.2. The molecule has 4 aliphatic rings. The molecular formula is C10H14N2O2S. The van der Waals surface area contributed by atoms with E-state index in [-0.39, 0.29) is 0 Å². The molecule has 1 N–H and O–H groups in total. The second-order valence-corrected chi connectivity index (χ2v) is 6.54. The fourth-order valence-corrected chi connectivity index (χ4v) is 3.48. The second kappa shape index (κ2) is 2.86. The Morgan fingerprint density at radius 1 is 1.33 bits per heavy atom. The quantitative estimate of drug-likeness (QED) is 0.741. The molecule has 15 heavy (non-hydrogen) atoms.